The number of benzene rings is 1. The molecule has 23 heavy (non-hydrogen) atoms. The van der Waals surface area contributed by atoms with Gasteiger partial charge >= 0.3 is 0 Å². The van der Waals surface area contributed by atoms with Gasteiger partial charge in [0.2, 0.25) is 0 Å². The van der Waals surface area contributed by atoms with E-state index in [1.807, 2.05) is 30.5 Å². The monoisotopic (exact) mass is 311 g/mol. The van der Waals surface area contributed by atoms with E-state index in [1.165, 1.54) is 0 Å². The molecular formula is C17H17N3O3. The van der Waals surface area contributed by atoms with E-state index < -0.39 is 0 Å². The van der Waals surface area contributed by atoms with Crippen LogP contribution in [0.5, 0.6) is 11.5 Å². The zero-order chi connectivity index (χ0) is 16.1. The lowest BCUT2D eigenvalue weighted by Gasteiger charge is -2.07. The van der Waals surface area contributed by atoms with Gasteiger partial charge in [-0.15, -0.1) is 0 Å². The quantitative estimate of drug-likeness (QED) is 0.710. The Labute approximate surface area is 133 Å². The van der Waals surface area contributed by atoms with E-state index in [9.17, 15) is 0 Å². The normalized spacial score (nSPS) is 11.2. The number of nitrogens with zero attached hydrogens (tertiary/aromatic N) is 3. The lowest BCUT2D eigenvalue weighted by atomic mass is 10.3. The van der Waals surface area contributed by atoms with Crippen molar-refractivity contribution < 1.29 is 14.6 Å². The van der Waals surface area contributed by atoms with Crippen molar-refractivity contribution in [1.29, 1.82) is 0 Å². The molecular weight excluding hydrogens is 294 g/mol. The van der Waals surface area contributed by atoms with Gasteiger partial charge in [-0.2, -0.15) is 5.10 Å². The average Bonchev–Trinajstić information content (AvgIpc) is 3.01. The highest BCUT2D eigenvalue weighted by molar-refractivity contribution is 5.81. The topological polar surface area (TPSA) is 68.4 Å². The van der Waals surface area contributed by atoms with Gasteiger partial charge in [0, 0.05) is 24.4 Å². The Morgan fingerprint density at radius 2 is 2.09 bits per heavy atom. The molecule has 2 heterocycles. The highest BCUT2D eigenvalue weighted by Gasteiger charge is 2.03. The molecule has 2 aromatic heterocycles. The molecule has 0 saturated carbocycles. The molecule has 0 spiro atoms. The third-order valence-corrected chi connectivity index (χ3v) is 3.20. The van der Waals surface area contributed by atoms with Gasteiger partial charge in [-0.1, -0.05) is 6.07 Å². The molecule has 0 aliphatic rings. The third kappa shape index (κ3) is 3.67. The molecule has 1 N–H and O–H groups in total. The summed E-state index contributed by atoms with van der Waals surface area (Å²) < 4.78 is 12.4. The molecule has 3 aromatic rings. The number of hydrogen-bond donors (Lipinski definition) is 1. The summed E-state index contributed by atoms with van der Waals surface area (Å²) in [5.41, 5.74) is 2.46. The fourth-order valence-electron chi connectivity index (χ4n) is 2.16. The van der Waals surface area contributed by atoms with E-state index in [2.05, 4.69) is 10.1 Å². The van der Waals surface area contributed by atoms with E-state index in [4.69, 9.17) is 14.6 Å². The highest BCUT2D eigenvalue weighted by atomic mass is 16.5. The first kappa shape index (κ1) is 15.1. The molecule has 0 bridgehead atoms. The second-order valence-electron chi connectivity index (χ2n) is 4.84. The van der Waals surface area contributed by atoms with Crippen LogP contribution in [-0.4, -0.2) is 41.3 Å². The third-order valence-electron chi connectivity index (χ3n) is 3.20. The minimum atomic E-state index is -0.0446. The number of aliphatic imine (C=N–C) groups is 1. The van der Waals surface area contributed by atoms with Crippen LogP contribution >= 0.6 is 0 Å². The minimum Gasteiger partial charge on any atom is -0.497 e. The number of aromatic nitrogens is 2. The summed E-state index contributed by atoms with van der Waals surface area (Å²) in [6.45, 7) is 0.180. The van der Waals surface area contributed by atoms with E-state index in [0.29, 0.717) is 17.2 Å². The van der Waals surface area contributed by atoms with Gasteiger partial charge in [0.15, 0.2) is 0 Å². The Morgan fingerprint density at radius 3 is 2.87 bits per heavy atom. The van der Waals surface area contributed by atoms with Crippen molar-refractivity contribution in [3.05, 3.63) is 54.4 Å². The lowest BCUT2D eigenvalue weighted by Crippen LogP contribution is -2.01. The standard InChI is InChI=1S/C17H17N3O3/c1-22-16-9-13(10-17(11-16)23-7-6-21)18-12-14-8-15-4-2-3-5-20(15)19-14/h2-5,8-12,21H,6-7H2,1H3. The summed E-state index contributed by atoms with van der Waals surface area (Å²) in [7, 11) is 1.58. The molecule has 0 fully saturated rings. The predicted molar refractivity (Wildman–Crippen MR) is 88.0 cm³/mol. The first-order valence-corrected chi connectivity index (χ1v) is 7.20. The maximum absolute atomic E-state index is 8.85. The first-order valence-electron chi connectivity index (χ1n) is 7.20. The van der Waals surface area contributed by atoms with Gasteiger partial charge in [0.05, 0.1) is 31.1 Å². The van der Waals surface area contributed by atoms with Crippen molar-refractivity contribution in [2.75, 3.05) is 20.3 Å². The van der Waals surface area contributed by atoms with Crippen LogP contribution < -0.4 is 9.47 Å². The Bertz CT molecular complexity index is 794. The number of ether oxygens (including phenoxy) is 2. The van der Waals surface area contributed by atoms with E-state index >= 15 is 0 Å². The van der Waals surface area contributed by atoms with E-state index in [0.717, 1.165) is 11.2 Å². The van der Waals surface area contributed by atoms with Crippen LogP contribution in [0.2, 0.25) is 0 Å². The van der Waals surface area contributed by atoms with Crippen molar-refractivity contribution >= 4 is 17.4 Å². The summed E-state index contributed by atoms with van der Waals surface area (Å²) >= 11 is 0. The summed E-state index contributed by atoms with van der Waals surface area (Å²) in [5, 5.41) is 13.3. The zero-order valence-corrected chi connectivity index (χ0v) is 12.7. The molecule has 0 saturated heterocycles. The summed E-state index contributed by atoms with van der Waals surface area (Å²) in [4.78, 5) is 4.43. The number of methoxy groups -OCH3 is 1. The van der Waals surface area contributed by atoms with Crippen LogP contribution in [0.4, 0.5) is 5.69 Å². The Balaban J connectivity index is 1.85. The number of fused-ring (bicyclic) bond motifs is 1. The fourth-order valence-corrected chi connectivity index (χ4v) is 2.16. The van der Waals surface area contributed by atoms with Crippen molar-refractivity contribution in [3.63, 3.8) is 0 Å². The van der Waals surface area contributed by atoms with Gasteiger partial charge in [0.25, 0.3) is 0 Å². The predicted octanol–water partition coefficient (Wildman–Crippen LogP) is 2.46. The van der Waals surface area contributed by atoms with Gasteiger partial charge in [-0.3, -0.25) is 4.99 Å². The molecule has 6 nitrogen and oxygen atoms in total. The molecule has 1 aromatic carbocycles. The molecule has 0 radical (unpaired) electrons. The number of aliphatic hydroxyl groups is 1. The maximum atomic E-state index is 8.85. The summed E-state index contributed by atoms with van der Waals surface area (Å²) in [6.07, 6.45) is 3.58. The van der Waals surface area contributed by atoms with Crippen LogP contribution in [-0.2, 0) is 0 Å². The molecule has 118 valence electrons. The van der Waals surface area contributed by atoms with Crippen LogP contribution in [0.3, 0.4) is 0 Å². The van der Waals surface area contributed by atoms with Crippen molar-refractivity contribution in [2.24, 2.45) is 4.99 Å². The summed E-state index contributed by atoms with van der Waals surface area (Å²) in [5.74, 6) is 1.24. The smallest absolute Gasteiger partial charge is 0.125 e. The zero-order valence-electron chi connectivity index (χ0n) is 12.7. The molecule has 0 aliphatic carbocycles. The fraction of sp³-hybridized carbons (Fsp3) is 0.176. The largest absolute Gasteiger partial charge is 0.497 e. The van der Waals surface area contributed by atoms with Gasteiger partial charge in [-0.05, 0) is 18.2 Å². The van der Waals surface area contributed by atoms with Gasteiger partial charge < -0.3 is 14.6 Å². The Kier molecular flexibility index (Phi) is 4.54. The van der Waals surface area contributed by atoms with Crippen molar-refractivity contribution in [1.82, 2.24) is 9.61 Å². The SMILES string of the molecule is COc1cc(N=Cc2cc3ccccn3n2)cc(OCCO)c1. The van der Waals surface area contributed by atoms with Crippen LogP contribution in [0, 0.1) is 0 Å². The minimum absolute atomic E-state index is 0.0446. The molecule has 0 atom stereocenters. The van der Waals surface area contributed by atoms with Crippen molar-refractivity contribution in [2.45, 2.75) is 0 Å². The number of hydrogen-bond acceptors (Lipinski definition) is 5. The van der Waals surface area contributed by atoms with Gasteiger partial charge in [-0.25, -0.2) is 4.52 Å². The number of aliphatic hydroxyl groups excluding tert-OH is 1. The van der Waals surface area contributed by atoms with Crippen LogP contribution in [0.25, 0.3) is 5.52 Å². The first-order chi connectivity index (χ1) is 11.3. The van der Waals surface area contributed by atoms with Gasteiger partial charge in [0.1, 0.15) is 23.8 Å². The van der Waals surface area contributed by atoms with Crippen LogP contribution in [0.15, 0.2) is 53.7 Å². The van der Waals surface area contributed by atoms with E-state index in [1.54, 1.807) is 36.0 Å². The van der Waals surface area contributed by atoms with E-state index in [-0.39, 0.29) is 13.2 Å². The second kappa shape index (κ2) is 6.93. The molecule has 3 rings (SSSR count). The highest BCUT2D eigenvalue weighted by Crippen LogP contribution is 2.27. The van der Waals surface area contributed by atoms with Crippen molar-refractivity contribution in [3.8, 4) is 11.5 Å². The molecule has 6 heteroatoms. The second-order valence-corrected chi connectivity index (χ2v) is 4.84. The lowest BCUT2D eigenvalue weighted by molar-refractivity contribution is 0.201. The molecule has 0 amide bonds. The Hall–Kier alpha value is -2.86. The molecule has 0 unspecified atom stereocenters. The maximum Gasteiger partial charge on any atom is 0.125 e. The Morgan fingerprint density at radius 1 is 1.22 bits per heavy atom. The average molecular weight is 311 g/mol. The molecule has 0 aliphatic heterocycles. The van der Waals surface area contributed by atoms with Crippen LogP contribution in [0.1, 0.15) is 5.69 Å². The summed E-state index contributed by atoms with van der Waals surface area (Å²) in [6, 6.07) is 13.2. The number of pyridine rings is 1. The number of rotatable bonds is 6.